The summed E-state index contributed by atoms with van der Waals surface area (Å²) in [6.45, 7) is 0. The fourth-order valence-electron chi connectivity index (χ4n) is 2.75. The van der Waals surface area contributed by atoms with Crippen molar-refractivity contribution in [3.8, 4) is 10.4 Å². The van der Waals surface area contributed by atoms with Gasteiger partial charge in [-0.05, 0) is 29.8 Å². The zero-order valence-electron chi connectivity index (χ0n) is 13.3. The second-order valence-corrected chi connectivity index (χ2v) is 6.85. The van der Waals surface area contributed by atoms with E-state index in [0.29, 0.717) is 17.6 Å². The molecule has 0 unspecified atom stereocenters. The standard InChI is InChI=1S/C20H15N3OS/c21-20(24)19-17(22-15-8-4-5-9-16(15)23-19)12-14-10-11-18(25-14)13-6-2-1-3-7-13/h1-11H,12H2,(H2,21,24). The predicted molar refractivity (Wildman–Crippen MR) is 101 cm³/mol. The van der Waals surface area contributed by atoms with Crippen molar-refractivity contribution in [1.29, 1.82) is 0 Å². The normalized spacial score (nSPS) is 10.9. The smallest absolute Gasteiger partial charge is 0.269 e. The average Bonchev–Trinajstić information content (AvgIpc) is 3.10. The lowest BCUT2D eigenvalue weighted by Crippen LogP contribution is -2.17. The number of nitrogens with two attached hydrogens (primary N) is 1. The van der Waals surface area contributed by atoms with Crippen molar-refractivity contribution in [2.24, 2.45) is 5.73 Å². The van der Waals surface area contributed by atoms with Gasteiger partial charge in [-0.15, -0.1) is 11.3 Å². The molecule has 5 heteroatoms. The molecule has 0 saturated heterocycles. The highest BCUT2D eigenvalue weighted by Gasteiger charge is 2.15. The van der Waals surface area contributed by atoms with Gasteiger partial charge in [0.25, 0.3) is 5.91 Å². The third-order valence-electron chi connectivity index (χ3n) is 3.94. The van der Waals surface area contributed by atoms with Crippen LogP contribution in [0.15, 0.2) is 66.7 Å². The van der Waals surface area contributed by atoms with Crippen LogP contribution in [0, 0.1) is 0 Å². The molecule has 4 nitrogen and oxygen atoms in total. The van der Waals surface area contributed by atoms with Crippen molar-refractivity contribution in [1.82, 2.24) is 9.97 Å². The molecule has 0 aliphatic carbocycles. The summed E-state index contributed by atoms with van der Waals surface area (Å²) >= 11 is 1.69. The molecule has 4 aromatic rings. The van der Waals surface area contributed by atoms with Crippen LogP contribution in [0.2, 0.25) is 0 Å². The highest BCUT2D eigenvalue weighted by molar-refractivity contribution is 7.15. The van der Waals surface area contributed by atoms with Crippen molar-refractivity contribution < 1.29 is 4.79 Å². The van der Waals surface area contributed by atoms with E-state index in [0.717, 1.165) is 10.4 Å². The third-order valence-corrected chi connectivity index (χ3v) is 5.07. The molecule has 4 rings (SSSR count). The number of primary amides is 1. The first kappa shape index (κ1) is 15.5. The third kappa shape index (κ3) is 3.14. The first-order chi connectivity index (χ1) is 12.2. The molecule has 0 saturated carbocycles. The van der Waals surface area contributed by atoms with Gasteiger partial charge in [0.1, 0.15) is 0 Å². The molecule has 2 aromatic carbocycles. The van der Waals surface area contributed by atoms with Crippen molar-refractivity contribution in [2.75, 3.05) is 0 Å². The predicted octanol–water partition coefficient (Wildman–Crippen LogP) is 4.05. The van der Waals surface area contributed by atoms with Crippen LogP contribution in [-0.4, -0.2) is 15.9 Å². The molecule has 0 atom stereocenters. The molecular weight excluding hydrogens is 330 g/mol. The Hall–Kier alpha value is -3.05. The number of carbonyl (C=O) groups is 1. The lowest BCUT2D eigenvalue weighted by molar-refractivity contribution is 0.0994. The van der Waals surface area contributed by atoms with Crippen LogP contribution >= 0.6 is 11.3 Å². The highest BCUT2D eigenvalue weighted by atomic mass is 32.1. The minimum absolute atomic E-state index is 0.244. The number of rotatable bonds is 4. The minimum Gasteiger partial charge on any atom is -0.364 e. The summed E-state index contributed by atoms with van der Waals surface area (Å²) in [5.41, 5.74) is 9.00. The molecule has 0 radical (unpaired) electrons. The summed E-state index contributed by atoms with van der Waals surface area (Å²) in [5, 5.41) is 0. The lowest BCUT2D eigenvalue weighted by atomic mass is 10.1. The van der Waals surface area contributed by atoms with E-state index in [1.165, 1.54) is 10.4 Å². The fraction of sp³-hybridized carbons (Fsp3) is 0.0500. The van der Waals surface area contributed by atoms with E-state index in [-0.39, 0.29) is 5.69 Å². The zero-order valence-corrected chi connectivity index (χ0v) is 14.2. The van der Waals surface area contributed by atoms with Crippen LogP contribution in [0.3, 0.4) is 0 Å². The summed E-state index contributed by atoms with van der Waals surface area (Å²) < 4.78 is 0. The number of aromatic nitrogens is 2. The van der Waals surface area contributed by atoms with Crippen LogP contribution in [0.4, 0.5) is 0 Å². The van der Waals surface area contributed by atoms with Crippen LogP contribution < -0.4 is 5.73 Å². The fourth-order valence-corrected chi connectivity index (χ4v) is 3.77. The van der Waals surface area contributed by atoms with Crippen LogP contribution in [0.25, 0.3) is 21.5 Å². The molecule has 0 spiro atoms. The quantitative estimate of drug-likeness (QED) is 0.607. The number of para-hydroxylation sites is 2. The van der Waals surface area contributed by atoms with Gasteiger partial charge in [-0.2, -0.15) is 0 Å². The van der Waals surface area contributed by atoms with Gasteiger partial charge in [-0.3, -0.25) is 4.79 Å². The number of fused-ring (bicyclic) bond motifs is 1. The number of amides is 1. The number of benzene rings is 2. The van der Waals surface area contributed by atoms with Gasteiger partial charge in [0, 0.05) is 16.2 Å². The Morgan fingerprint density at radius 2 is 1.56 bits per heavy atom. The van der Waals surface area contributed by atoms with Crippen molar-refractivity contribution in [3.63, 3.8) is 0 Å². The monoisotopic (exact) mass is 345 g/mol. The van der Waals surface area contributed by atoms with Crippen molar-refractivity contribution >= 4 is 28.3 Å². The van der Waals surface area contributed by atoms with Crippen molar-refractivity contribution in [3.05, 3.63) is 83.0 Å². The van der Waals surface area contributed by atoms with Crippen LogP contribution in [0.1, 0.15) is 21.1 Å². The highest BCUT2D eigenvalue weighted by Crippen LogP contribution is 2.29. The topological polar surface area (TPSA) is 68.9 Å². The van der Waals surface area contributed by atoms with E-state index in [9.17, 15) is 4.79 Å². The summed E-state index contributed by atoms with van der Waals surface area (Å²) in [6.07, 6.45) is 0.535. The molecule has 2 heterocycles. The Labute approximate surface area is 149 Å². The number of thiophene rings is 1. The summed E-state index contributed by atoms with van der Waals surface area (Å²) in [4.78, 5) is 23.1. The first-order valence-electron chi connectivity index (χ1n) is 7.90. The van der Waals surface area contributed by atoms with E-state index < -0.39 is 5.91 Å². The van der Waals surface area contributed by atoms with Gasteiger partial charge in [0.2, 0.25) is 0 Å². The summed E-state index contributed by atoms with van der Waals surface area (Å²) in [7, 11) is 0. The minimum atomic E-state index is -0.548. The second-order valence-electron chi connectivity index (χ2n) is 5.68. The maximum absolute atomic E-state index is 11.8. The van der Waals surface area contributed by atoms with E-state index in [4.69, 9.17) is 5.73 Å². The molecule has 2 aromatic heterocycles. The Balaban J connectivity index is 1.72. The molecule has 0 fully saturated rings. The SMILES string of the molecule is NC(=O)c1nc2ccccc2nc1Cc1ccc(-c2ccccc2)s1. The van der Waals surface area contributed by atoms with Gasteiger partial charge in [-0.1, -0.05) is 42.5 Å². The Bertz CT molecular complexity index is 1060. The van der Waals surface area contributed by atoms with Gasteiger partial charge < -0.3 is 5.73 Å². The van der Waals surface area contributed by atoms with Gasteiger partial charge in [0.15, 0.2) is 5.69 Å². The molecule has 0 aliphatic rings. The van der Waals surface area contributed by atoms with E-state index in [2.05, 4.69) is 34.2 Å². The Kier molecular flexibility index (Phi) is 3.99. The molecular formula is C20H15N3OS. The number of carbonyl (C=O) groups excluding carboxylic acids is 1. The van der Waals surface area contributed by atoms with E-state index in [1.807, 2.05) is 42.5 Å². The number of hydrogen-bond donors (Lipinski definition) is 1. The van der Waals surface area contributed by atoms with Gasteiger partial charge in [-0.25, -0.2) is 9.97 Å². The number of nitrogens with zero attached hydrogens (tertiary/aromatic N) is 2. The average molecular weight is 345 g/mol. The van der Waals surface area contributed by atoms with E-state index >= 15 is 0 Å². The first-order valence-corrected chi connectivity index (χ1v) is 8.72. The molecule has 0 bridgehead atoms. The van der Waals surface area contributed by atoms with Crippen LogP contribution in [0.5, 0.6) is 0 Å². The van der Waals surface area contributed by atoms with Crippen molar-refractivity contribution in [2.45, 2.75) is 6.42 Å². The van der Waals surface area contributed by atoms with E-state index in [1.54, 1.807) is 11.3 Å². The van der Waals surface area contributed by atoms with Gasteiger partial charge in [0.05, 0.1) is 16.7 Å². The molecule has 1 amide bonds. The molecule has 25 heavy (non-hydrogen) atoms. The largest absolute Gasteiger partial charge is 0.364 e. The lowest BCUT2D eigenvalue weighted by Gasteiger charge is -2.06. The second kappa shape index (κ2) is 6.45. The maximum atomic E-state index is 11.8. The maximum Gasteiger partial charge on any atom is 0.269 e. The summed E-state index contributed by atoms with van der Waals surface area (Å²) in [5.74, 6) is -0.548. The van der Waals surface area contributed by atoms with Crippen LogP contribution in [-0.2, 0) is 6.42 Å². The molecule has 122 valence electrons. The summed E-state index contributed by atoms with van der Waals surface area (Å²) in [6, 6.07) is 21.9. The zero-order chi connectivity index (χ0) is 17.2. The number of hydrogen-bond acceptors (Lipinski definition) is 4. The molecule has 2 N–H and O–H groups in total. The Morgan fingerprint density at radius 1 is 0.880 bits per heavy atom. The van der Waals surface area contributed by atoms with Gasteiger partial charge >= 0.3 is 0 Å². The molecule has 0 aliphatic heterocycles. The Morgan fingerprint density at radius 3 is 2.28 bits per heavy atom.